The van der Waals surface area contributed by atoms with Gasteiger partial charge in [0.05, 0.1) is 30.7 Å². The number of hydrogen-bond donors (Lipinski definition) is 0. The Morgan fingerprint density at radius 3 is 2.56 bits per heavy atom. The van der Waals surface area contributed by atoms with Crippen LogP contribution in [0.15, 0.2) is 76.4 Å². The summed E-state index contributed by atoms with van der Waals surface area (Å²) in [4.78, 5) is 25.1. The number of benzene rings is 2. The fraction of sp³-hybridized carbons (Fsp3) is 0.231. The average molecular weight is 457 g/mol. The number of furan rings is 1. The van der Waals surface area contributed by atoms with E-state index in [1.54, 1.807) is 49.8 Å². The first-order valence-corrected chi connectivity index (χ1v) is 10.8. The van der Waals surface area contributed by atoms with Crippen LogP contribution in [0.3, 0.4) is 0 Å². The molecule has 0 saturated carbocycles. The lowest BCUT2D eigenvalue weighted by Gasteiger charge is -2.19. The van der Waals surface area contributed by atoms with E-state index in [2.05, 4.69) is 11.2 Å². The summed E-state index contributed by atoms with van der Waals surface area (Å²) >= 11 is 0. The van der Waals surface area contributed by atoms with E-state index in [1.165, 1.54) is 5.01 Å². The lowest BCUT2D eigenvalue weighted by Crippen LogP contribution is -2.31. The monoisotopic (exact) mass is 457 g/mol. The van der Waals surface area contributed by atoms with Gasteiger partial charge in [0.1, 0.15) is 17.6 Å². The number of ether oxygens (including phenoxy) is 2. The van der Waals surface area contributed by atoms with E-state index >= 15 is 0 Å². The van der Waals surface area contributed by atoms with Crippen molar-refractivity contribution in [3.05, 3.63) is 89.4 Å². The molecule has 8 heteroatoms. The molecule has 4 rings (SSSR count). The normalized spacial score (nSPS) is 14.9. The fourth-order valence-electron chi connectivity index (χ4n) is 3.67. The van der Waals surface area contributed by atoms with E-state index in [-0.39, 0.29) is 6.42 Å². The zero-order valence-corrected chi connectivity index (χ0v) is 18.6. The molecule has 172 valence electrons. The Morgan fingerprint density at radius 1 is 1.15 bits per heavy atom. The largest absolute Gasteiger partial charge is 0.497 e. The van der Waals surface area contributed by atoms with Crippen molar-refractivity contribution < 1.29 is 23.5 Å². The summed E-state index contributed by atoms with van der Waals surface area (Å²) in [6, 6.07) is 19.6. The summed E-state index contributed by atoms with van der Waals surface area (Å²) in [5.74, 6) is 0.418. The molecule has 1 aliphatic rings. The van der Waals surface area contributed by atoms with Crippen LogP contribution >= 0.6 is 0 Å². The van der Waals surface area contributed by atoms with Crippen molar-refractivity contribution in [1.29, 1.82) is 5.26 Å². The van der Waals surface area contributed by atoms with Crippen LogP contribution in [0.4, 0.5) is 0 Å². The molecular formula is C26H23N3O5. The molecule has 0 fully saturated rings. The topological polar surface area (TPSA) is 105 Å². The van der Waals surface area contributed by atoms with Gasteiger partial charge in [-0.3, -0.25) is 9.59 Å². The highest BCUT2D eigenvalue weighted by molar-refractivity contribution is 6.03. The van der Waals surface area contributed by atoms with Crippen molar-refractivity contribution in [3.63, 3.8) is 0 Å². The number of hydrogen-bond acceptors (Lipinski definition) is 7. The van der Waals surface area contributed by atoms with Gasteiger partial charge in [-0.2, -0.15) is 10.4 Å². The zero-order chi connectivity index (χ0) is 23.9. The second-order valence-corrected chi connectivity index (χ2v) is 7.72. The maximum atomic E-state index is 12.9. The Morgan fingerprint density at radius 2 is 1.91 bits per heavy atom. The average Bonchev–Trinajstić information content (AvgIpc) is 3.57. The van der Waals surface area contributed by atoms with E-state index in [4.69, 9.17) is 19.2 Å². The van der Waals surface area contributed by atoms with Crippen molar-refractivity contribution in [3.8, 4) is 11.8 Å². The number of nitrogens with zero attached hydrogens (tertiary/aromatic N) is 3. The Kier molecular flexibility index (Phi) is 7.04. The number of nitriles is 1. The molecule has 1 aromatic heterocycles. The third-order valence-electron chi connectivity index (χ3n) is 5.52. The Balaban J connectivity index is 1.38. The second kappa shape index (κ2) is 10.5. The molecule has 2 heterocycles. The molecule has 8 nitrogen and oxygen atoms in total. The van der Waals surface area contributed by atoms with E-state index in [0.29, 0.717) is 24.2 Å². The number of carbonyl (C=O) groups excluding carboxylic acids is 2. The van der Waals surface area contributed by atoms with Crippen LogP contribution in [0.2, 0.25) is 0 Å². The van der Waals surface area contributed by atoms with Gasteiger partial charge in [-0.1, -0.05) is 12.1 Å². The maximum absolute atomic E-state index is 12.9. The number of amides is 1. The molecule has 0 radical (unpaired) electrons. The Bertz CT molecular complexity index is 1210. The summed E-state index contributed by atoms with van der Waals surface area (Å²) in [6.45, 7) is -0.414. The van der Waals surface area contributed by atoms with Crippen molar-refractivity contribution in [2.75, 3.05) is 13.7 Å². The first kappa shape index (κ1) is 22.8. The highest BCUT2D eigenvalue weighted by Crippen LogP contribution is 2.33. The number of carbonyl (C=O) groups is 2. The van der Waals surface area contributed by atoms with E-state index in [9.17, 15) is 9.59 Å². The van der Waals surface area contributed by atoms with Crippen LogP contribution in [0.1, 0.15) is 41.3 Å². The van der Waals surface area contributed by atoms with Gasteiger partial charge in [0.2, 0.25) is 0 Å². The highest BCUT2D eigenvalue weighted by Gasteiger charge is 2.35. The number of hydrazone groups is 1. The van der Waals surface area contributed by atoms with Crippen molar-refractivity contribution in [2.45, 2.75) is 25.3 Å². The fourth-order valence-corrected chi connectivity index (χ4v) is 3.67. The predicted molar refractivity (Wildman–Crippen MR) is 123 cm³/mol. The van der Waals surface area contributed by atoms with E-state index < -0.39 is 24.5 Å². The predicted octanol–water partition coefficient (Wildman–Crippen LogP) is 4.01. The maximum Gasteiger partial charge on any atom is 0.306 e. The van der Waals surface area contributed by atoms with Crippen molar-refractivity contribution in [1.82, 2.24) is 5.01 Å². The molecule has 1 unspecified atom stereocenters. The molecule has 1 amide bonds. The van der Waals surface area contributed by atoms with Gasteiger partial charge in [0.15, 0.2) is 6.61 Å². The number of rotatable bonds is 8. The van der Waals surface area contributed by atoms with Gasteiger partial charge in [-0.05, 0) is 66.1 Å². The molecule has 0 spiro atoms. The van der Waals surface area contributed by atoms with Crippen LogP contribution in [0.5, 0.6) is 5.75 Å². The first-order chi connectivity index (χ1) is 16.6. The smallest absolute Gasteiger partial charge is 0.306 e. The third-order valence-corrected chi connectivity index (χ3v) is 5.52. The standard InChI is InChI=1S/C26H23N3O5/c1-32-21-11-9-20(10-12-21)22-15-23(24-3-2-14-33-24)29(28-22)25(30)17-34-26(31)13-8-18-4-6-19(16-27)7-5-18/h2-7,9-12,14,23H,8,13,15,17H2,1H3. The van der Waals surface area contributed by atoms with Crippen LogP contribution < -0.4 is 4.74 Å². The van der Waals surface area contributed by atoms with Crippen LogP contribution in [-0.4, -0.2) is 36.3 Å². The lowest BCUT2D eigenvalue weighted by molar-refractivity contribution is -0.152. The van der Waals surface area contributed by atoms with E-state index in [0.717, 1.165) is 22.6 Å². The van der Waals surface area contributed by atoms with Crippen LogP contribution in [-0.2, 0) is 20.7 Å². The molecule has 2 aromatic carbocycles. The molecular weight excluding hydrogens is 434 g/mol. The first-order valence-electron chi connectivity index (χ1n) is 10.8. The molecule has 0 aliphatic carbocycles. The number of methoxy groups -OCH3 is 1. The Labute approximate surface area is 197 Å². The zero-order valence-electron chi connectivity index (χ0n) is 18.6. The number of esters is 1. The minimum Gasteiger partial charge on any atom is -0.497 e. The summed E-state index contributed by atoms with van der Waals surface area (Å²) in [6.07, 6.45) is 2.60. The summed E-state index contributed by atoms with van der Waals surface area (Å²) in [5.41, 5.74) is 3.06. The van der Waals surface area contributed by atoms with Gasteiger partial charge >= 0.3 is 5.97 Å². The quantitative estimate of drug-likeness (QED) is 0.473. The lowest BCUT2D eigenvalue weighted by atomic mass is 10.0. The minimum atomic E-state index is -0.481. The van der Waals surface area contributed by atoms with Gasteiger partial charge < -0.3 is 13.9 Å². The molecule has 1 aliphatic heterocycles. The SMILES string of the molecule is COc1ccc(C2=NN(C(=O)COC(=O)CCc3ccc(C#N)cc3)C(c3ccco3)C2)cc1. The van der Waals surface area contributed by atoms with Crippen molar-refractivity contribution in [2.24, 2.45) is 5.10 Å². The number of aryl methyl sites for hydroxylation is 1. The summed E-state index contributed by atoms with van der Waals surface area (Å²) in [5, 5.41) is 14.7. The molecule has 3 aromatic rings. The summed E-state index contributed by atoms with van der Waals surface area (Å²) < 4.78 is 16.0. The van der Waals surface area contributed by atoms with Gasteiger partial charge in [-0.25, -0.2) is 5.01 Å². The molecule has 34 heavy (non-hydrogen) atoms. The summed E-state index contributed by atoms with van der Waals surface area (Å²) in [7, 11) is 1.60. The second-order valence-electron chi connectivity index (χ2n) is 7.72. The third kappa shape index (κ3) is 5.33. The van der Waals surface area contributed by atoms with Crippen LogP contribution in [0.25, 0.3) is 0 Å². The molecule has 0 bridgehead atoms. The molecule has 1 atom stereocenters. The highest BCUT2D eigenvalue weighted by atomic mass is 16.5. The van der Waals surface area contributed by atoms with Gasteiger partial charge in [0, 0.05) is 12.8 Å². The molecule has 0 N–H and O–H groups in total. The van der Waals surface area contributed by atoms with Gasteiger partial charge in [0.25, 0.3) is 5.91 Å². The van der Waals surface area contributed by atoms with E-state index in [1.807, 2.05) is 24.3 Å². The van der Waals surface area contributed by atoms with Crippen molar-refractivity contribution >= 4 is 17.6 Å². The Hall–Kier alpha value is -4.38. The van der Waals surface area contributed by atoms with Gasteiger partial charge in [-0.15, -0.1) is 0 Å². The minimum absolute atomic E-state index is 0.126. The molecule has 0 saturated heterocycles. The van der Waals surface area contributed by atoms with Crippen LogP contribution in [0, 0.1) is 11.3 Å².